The Labute approximate surface area is 153 Å². The average Bonchev–Trinajstić information content (AvgIpc) is 2.56. The van der Waals surface area contributed by atoms with Crippen molar-refractivity contribution in [3.8, 4) is 0 Å². The summed E-state index contributed by atoms with van der Waals surface area (Å²) in [6.45, 7) is 7.50. The molecule has 2 aromatic rings. The largest absolute Gasteiger partial charge is 0.452 e. The minimum Gasteiger partial charge on any atom is -0.452 e. The first kappa shape index (κ1) is 19.1. The van der Waals surface area contributed by atoms with E-state index in [9.17, 15) is 9.59 Å². The molecule has 0 aromatic heterocycles. The van der Waals surface area contributed by atoms with E-state index in [4.69, 9.17) is 4.74 Å². The first-order valence-electron chi connectivity index (χ1n) is 8.13. The molecular weight excluding hydrogens is 334 g/mol. The molecule has 2 rings (SSSR count). The van der Waals surface area contributed by atoms with Gasteiger partial charge in [-0.05, 0) is 51.0 Å². The maximum atomic E-state index is 12.2. The van der Waals surface area contributed by atoms with Crippen molar-refractivity contribution in [2.45, 2.75) is 38.7 Å². The second-order valence-corrected chi connectivity index (χ2v) is 7.01. The standard InChI is InChI=1S/C20H23NO3S/c1-13-9-10-17(15(3)11-13)21-20(23)16(4)24-19(22)12-25-18-8-6-5-7-14(18)2/h5-11,16H,12H2,1-4H3,(H,21,23)/t16-/m0/s1. The maximum absolute atomic E-state index is 12.2. The molecule has 0 saturated heterocycles. The molecule has 0 heterocycles. The molecular formula is C20H23NO3S. The summed E-state index contributed by atoms with van der Waals surface area (Å²) in [5.74, 6) is -0.566. The van der Waals surface area contributed by atoms with Crippen LogP contribution in [0.25, 0.3) is 0 Å². The van der Waals surface area contributed by atoms with Crippen molar-refractivity contribution in [2.24, 2.45) is 0 Å². The third kappa shape index (κ3) is 5.64. The molecule has 0 spiro atoms. The number of nitrogens with one attached hydrogen (secondary N) is 1. The summed E-state index contributed by atoms with van der Waals surface area (Å²) in [7, 11) is 0. The van der Waals surface area contributed by atoms with Crippen LogP contribution >= 0.6 is 11.8 Å². The Bertz CT molecular complexity index is 773. The van der Waals surface area contributed by atoms with E-state index < -0.39 is 12.1 Å². The molecule has 0 aliphatic rings. The van der Waals surface area contributed by atoms with Crippen molar-refractivity contribution in [1.82, 2.24) is 0 Å². The highest BCUT2D eigenvalue weighted by Crippen LogP contribution is 2.22. The topological polar surface area (TPSA) is 55.4 Å². The van der Waals surface area contributed by atoms with Gasteiger partial charge in [0.1, 0.15) is 0 Å². The van der Waals surface area contributed by atoms with Gasteiger partial charge in [0.2, 0.25) is 0 Å². The van der Waals surface area contributed by atoms with E-state index in [2.05, 4.69) is 5.32 Å². The van der Waals surface area contributed by atoms with Crippen LogP contribution in [0.5, 0.6) is 0 Å². The fourth-order valence-corrected chi connectivity index (χ4v) is 3.14. The van der Waals surface area contributed by atoms with E-state index in [1.54, 1.807) is 6.92 Å². The van der Waals surface area contributed by atoms with Crippen LogP contribution in [0.2, 0.25) is 0 Å². The number of anilines is 1. The van der Waals surface area contributed by atoms with E-state index in [1.165, 1.54) is 11.8 Å². The number of hydrogen-bond acceptors (Lipinski definition) is 4. The summed E-state index contributed by atoms with van der Waals surface area (Å²) in [5.41, 5.74) is 3.94. The van der Waals surface area contributed by atoms with Crippen LogP contribution in [0.4, 0.5) is 5.69 Å². The van der Waals surface area contributed by atoms with E-state index in [-0.39, 0.29) is 11.7 Å². The molecule has 5 heteroatoms. The average molecular weight is 357 g/mol. The number of ether oxygens (including phenoxy) is 1. The maximum Gasteiger partial charge on any atom is 0.317 e. The number of amides is 1. The van der Waals surface area contributed by atoms with Gasteiger partial charge in [0.15, 0.2) is 6.10 Å². The highest BCUT2D eigenvalue weighted by molar-refractivity contribution is 8.00. The lowest BCUT2D eigenvalue weighted by Gasteiger charge is -2.15. The van der Waals surface area contributed by atoms with Crippen molar-refractivity contribution in [1.29, 1.82) is 0 Å². The van der Waals surface area contributed by atoms with Gasteiger partial charge in [-0.1, -0.05) is 35.9 Å². The molecule has 0 saturated carbocycles. The van der Waals surface area contributed by atoms with Gasteiger partial charge in [0.05, 0.1) is 5.75 Å². The van der Waals surface area contributed by atoms with Crippen LogP contribution in [-0.2, 0) is 14.3 Å². The summed E-state index contributed by atoms with van der Waals surface area (Å²) >= 11 is 1.41. The summed E-state index contributed by atoms with van der Waals surface area (Å²) < 4.78 is 5.24. The van der Waals surface area contributed by atoms with Crippen LogP contribution in [0.1, 0.15) is 23.6 Å². The van der Waals surface area contributed by atoms with Crippen LogP contribution < -0.4 is 5.32 Å². The molecule has 1 amide bonds. The Morgan fingerprint density at radius 1 is 1.08 bits per heavy atom. The minimum absolute atomic E-state index is 0.173. The fourth-order valence-electron chi connectivity index (χ4n) is 2.33. The lowest BCUT2D eigenvalue weighted by atomic mass is 10.1. The van der Waals surface area contributed by atoms with Crippen molar-refractivity contribution < 1.29 is 14.3 Å². The lowest BCUT2D eigenvalue weighted by Crippen LogP contribution is -2.30. The van der Waals surface area contributed by atoms with E-state index in [1.807, 2.05) is 63.2 Å². The SMILES string of the molecule is Cc1ccc(NC(=O)[C@H](C)OC(=O)CSc2ccccc2C)c(C)c1. The van der Waals surface area contributed by atoms with Gasteiger partial charge in [-0.3, -0.25) is 9.59 Å². The number of rotatable bonds is 6. The zero-order valence-electron chi connectivity index (χ0n) is 15.0. The molecule has 0 aliphatic heterocycles. The fraction of sp³-hybridized carbons (Fsp3) is 0.300. The highest BCUT2D eigenvalue weighted by atomic mass is 32.2. The van der Waals surface area contributed by atoms with Gasteiger partial charge in [-0.15, -0.1) is 11.8 Å². The molecule has 1 atom stereocenters. The van der Waals surface area contributed by atoms with E-state index in [0.29, 0.717) is 0 Å². The van der Waals surface area contributed by atoms with Crippen LogP contribution in [0.3, 0.4) is 0 Å². The smallest absolute Gasteiger partial charge is 0.317 e. The van der Waals surface area contributed by atoms with Crippen molar-refractivity contribution in [3.05, 3.63) is 59.2 Å². The van der Waals surface area contributed by atoms with E-state index in [0.717, 1.165) is 27.3 Å². The number of esters is 1. The Morgan fingerprint density at radius 3 is 2.48 bits per heavy atom. The number of carbonyl (C=O) groups is 2. The van der Waals surface area contributed by atoms with E-state index >= 15 is 0 Å². The van der Waals surface area contributed by atoms with Crippen molar-refractivity contribution in [2.75, 3.05) is 11.1 Å². The molecule has 1 N–H and O–H groups in total. The molecule has 0 fully saturated rings. The Kier molecular flexibility index (Phi) is 6.65. The quantitative estimate of drug-likeness (QED) is 0.619. The summed E-state index contributed by atoms with van der Waals surface area (Å²) in [6, 6.07) is 13.6. The number of hydrogen-bond donors (Lipinski definition) is 1. The molecule has 2 aromatic carbocycles. The molecule has 0 radical (unpaired) electrons. The second kappa shape index (κ2) is 8.72. The van der Waals surface area contributed by atoms with Gasteiger partial charge in [-0.2, -0.15) is 0 Å². The first-order chi connectivity index (χ1) is 11.9. The Balaban J connectivity index is 1.85. The molecule has 132 valence electrons. The van der Waals surface area contributed by atoms with Crippen LogP contribution in [0.15, 0.2) is 47.4 Å². The van der Waals surface area contributed by atoms with Gasteiger partial charge < -0.3 is 10.1 Å². The Hall–Kier alpha value is -2.27. The zero-order chi connectivity index (χ0) is 18.4. The number of aryl methyl sites for hydroxylation is 3. The highest BCUT2D eigenvalue weighted by Gasteiger charge is 2.18. The third-order valence-electron chi connectivity index (χ3n) is 3.76. The molecule has 0 bridgehead atoms. The normalized spacial score (nSPS) is 11.7. The number of thioether (sulfide) groups is 1. The van der Waals surface area contributed by atoms with Gasteiger partial charge in [-0.25, -0.2) is 0 Å². The molecule has 0 aliphatic carbocycles. The summed E-state index contributed by atoms with van der Waals surface area (Å²) in [4.78, 5) is 25.2. The number of carbonyl (C=O) groups excluding carboxylic acids is 2. The molecule has 0 unspecified atom stereocenters. The molecule has 4 nitrogen and oxygen atoms in total. The van der Waals surface area contributed by atoms with Gasteiger partial charge in [0.25, 0.3) is 5.91 Å². The van der Waals surface area contributed by atoms with Crippen molar-refractivity contribution in [3.63, 3.8) is 0 Å². The predicted molar refractivity (Wildman–Crippen MR) is 102 cm³/mol. The van der Waals surface area contributed by atoms with Gasteiger partial charge >= 0.3 is 5.97 Å². The van der Waals surface area contributed by atoms with Crippen LogP contribution in [0, 0.1) is 20.8 Å². The van der Waals surface area contributed by atoms with Crippen molar-refractivity contribution >= 4 is 29.3 Å². The third-order valence-corrected chi connectivity index (χ3v) is 4.91. The Morgan fingerprint density at radius 2 is 1.80 bits per heavy atom. The molecule has 25 heavy (non-hydrogen) atoms. The summed E-state index contributed by atoms with van der Waals surface area (Å²) in [5, 5.41) is 2.80. The number of benzene rings is 2. The van der Waals surface area contributed by atoms with Crippen LogP contribution in [-0.4, -0.2) is 23.7 Å². The monoisotopic (exact) mass is 357 g/mol. The first-order valence-corrected chi connectivity index (χ1v) is 9.11. The minimum atomic E-state index is -0.842. The lowest BCUT2D eigenvalue weighted by molar-refractivity contribution is -0.150. The second-order valence-electron chi connectivity index (χ2n) is 5.99. The summed E-state index contributed by atoms with van der Waals surface area (Å²) in [6.07, 6.45) is -0.842. The van der Waals surface area contributed by atoms with Gasteiger partial charge in [0, 0.05) is 10.6 Å². The zero-order valence-corrected chi connectivity index (χ0v) is 15.8. The predicted octanol–water partition coefficient (Wildman–Crippen LogP) is 4.27.